The van der Waals surface area contributed by atoms with Gasteiger partial charge in [-0.15, -0.1) is 12.4 Å². The summed E-state index contributed by atoms with van der Waals surface area (Å²) >= 11 is 0. The van der Waals surface area contributed by atoms with Crippen LogP contribution in [0.5, 0.6) is 0 Å². The zero-order chi connectivity index (χ0) is 17.7. The number of aryl methyl sites for hydroxylation is 2. The average molecular weight is 370 g/mol. The van der Waals surface area contributed by atoms with Gasteiger partial charge in [0, 0.05) is 24.8 Å². The second-order valence-electron chi connectivity index (χ2n) is 6.68. The molecular formula is C18H28ClN3O3. The van der Waals surface area contributed by atoms with Crippen molar-refractivity contribution in [3.05, 3.63) is 29.3 Å². The lowest BCUT2D eigenvalue weighted by Gasteiger charge is -2.35. The highest BCUT2D eigenvalue weighted by Gasteiger charge is 2.24. The number of nitrogens with one attached hydrogen (secondary N) is 1. The van der Waals surface area contributed by atoms with Crippen molar-refractivity contribution in [2.45, 2.75) is 32.7 Å². The molecular weight excluding hydrogens is 342 g/mol. The quantitative estimate of drug-likeness (QED) is 0.803. The number of benzene rings is 1. The molecule has 1 aliphatic rings. The van der Waals surface area contributed by atoms with Crippen LogP contribution in [0.25, 0.3) is 0 Å². The first kappa shape index (κ1) is 21.4. The van der Waals surface area contributed by atoms with E-state index in [0.29, 0.717) is 6.54 Å². The van der Waals surface area contributed by atoms with E-state index in [-0.39, 0.29) is 30.9 Å². The van der Waals surface area contributed by atoms with Crippen LogP contribution in [0, 0.1) is 13.8 Å². The van der Waals surface area contributed by atoms with Gasteiger partial charge in [0.2, 0.25) is 5.91 Å². The van der Waals surface area contributed by atoms with Crippen molar-refractivity contribution in [3.8, 4) is 0 Å². The molecule has 0 aliphatic carbocycles. The van der Waals surface area contributed by atoms with Gasteiger partial charge in [0.25, 0.3) is 0 Å². The first-order valence-electron chi connectivity index (χ1n) is 8.36. The number of carbonyl (C=O) groups is 2. The Bertz CT molecular complexity index is 601. The number of piperidine rings is 1. The SMILES string of the molecule is Cc1ccc(NC(=O)CN2CCC(N(C)CC(=O)O)CC2)c(C)c1.Cl. The van der Waals surface area contributed by atoms with Gasteiger partial charge in [-0.1, -0.05) is 17.7 Å². The van der Waals surface area contributed by atoms with E-state index in [2.05, 4.69) is 16.3 Å². The standard InChI is InChI=1S/C18H27N3O3.ClH/c1-13-4-5-16(14(2)10-13)19-17(22)11-21-8-6-15(7-9-21)20(3)12-18(23)24;/h4-5,10,15H,6-9,11-12H2,1-3H3,(H,19,22)(H,23,24);1H. The molecule has 1 heterocycles. The maximum absolute atomic E-state index is 12.2. The molecule has 0 radical (unpaired) electrons. The predicted molar refractivity (Wildman–Crippen MR) is 102 cm³/mol. The van der Waals surface area contributed by atoms with Gasteiger partial charge in [0.15, 0.2) is 0 Å². The molecule has 2 rings (SSSR count). The first-order chi connectivity index (χ1) is 11.3. The normalized spacial score (nSPS) is 15.7. The van der Waals surface area contributed by atoms with Gasteiger partial charge >= 0.3 is 5.97 Å². The molecule has 1 amide bonds. The van der Waals surface area contributed by atoms with Crippen molar-refractivity contribution in [2.24, 2.45) is 0 Å². The van der Waals surface area contributed by atoms with Gasteiger partial charge in [0.05, 0.1) is 13.1 Å². The van der Waals surface area contributed by atoms with Crippen LogP contribution >= 0.6 is 12.4 Å². The number of amides is 1. The summed E-state index contributed by atoms with van der Waals surface area (Å²) in [5, 5.41) is 11.8. The van der Waals surface area contributed by atoms with E-state index in [4.69, 9.17) is 5.11 Å². The smallest absolute Gasteiger partial charge is 0.317 e. The van der Waals surface area contributed by atoms with Crippen molar-refractivity contribution in [2.75, 3.05) is 38.5 Å². The Morgan fingerprint density at radius 2 is 1.92 bits per heavy atom. The topological polar surface area (TPSA) is 72.9 Å². The number of hydrogen-bond acceptors (Lipinski definition) is 4. The molecule has 0 saturated carbocycles. The van der Waals surface area contributed by atoms with Gasteiger partial charge < -0.3 is 10.4 Å². The van der Waals surface area contributed by atoms with E-state index in [1.54, 1.807) is 0 Å². The third kappa shape index (κ3) is 6.65. The zero-order valence-electron chi connectivity index (χ0n) is 15.1. The van der Waals surface area contributed by atoms with Gasteiger partial charge in [-0.3, -0.25) is 19.4 Å². The molecule has 25 heavy (non-hydrogen) atoms. The summed E-state index contributed by atoms with van der Waals surface area (Å²) in [5.74, 6) is -0.799. The molecule has 1 saturated heterocycles. The van der Waals surface area contributed by atoms with Crippen LogP contribution in [0.3, 0.4) is 0 Å². The highest BCUT2D eigenvalue weighted by molar-refractivity contribution is 5.93. The van der Waals surface area contributed by atoms with Crippen LogP contribution in [0.1, 0.15) is 24.0 Å². The number of carbonyl (C=O) groups excluding carboxylic acids is 1. The van der Waals surface area contributed by atoms with Gasteiger partial charge in [-0.2, -0.15) is 0 Å². The first-order valence-corrected chi connectivity index (χ1v) is 8.36. The van der Waals surface area contributed by atoms with Crippen molar-refractivity contribution in [1.29, 1.82) is 0 Å². The summed E-state index contributed by atoms with van der Waals surface area (Å²) < 4.78 is 0. The average Bonchev–Trinajstić information content (AvgIpc) is 2.50. The van der Waals surface area contributed by atoms with Crippen LogP contribution in [0.15, 0.2) is 18.2 Å². The molecule has 0 spiro atoms. The third-order valence-corrected chi connectivity index (χ3v) is 4.59. The Balaban J connectivity index is 0.00000312. The number of carboxylic acid groups (broad SMARTS) is 1. The highest BCUT2D eigenvalue weighted by atomic mass is 35.5. The van der Waals surface area contributed by atoms with E-state index in [1.165, 1.54) is 5.56 Å². The fraction of sp³-hybridized carbons (Fsp3) is 0.556. The summed E-state index contributed by atoms with van der Waals surface area (Å²) in [6, 6.07) is 6.27. The Kier molecular flexibility index (Phi) is 8.35. The van der Waals surface area contributed by atoms with Crippen LogP contribution in [-0.4, -0.2) is 66.1 Å². The number of carboxylic acids is 1. The molecule has 140 valence electrons. The number of likely N-dealkylation sites (tertiary alicyclic amines) is 1. The maximum atomic E-state index is 12.2. The Morgan fingerprint density at radius 1 is 1.28 bits per heavy atom. The lowest BCUT2D eigenvalue weighted by atomic mass is 10.0. The monoisotopic (exact) mass is 369 g/mol. The molecule has 2 N–H and O–H groups in total. The minimum absolute atomic E-state index is 0. The van der Waals surface area contributed by atoms with Gasteiger partial charge in [0.1, 0.15) is 0 Å². The minimum Gasteiger partial charge on any atom is -0.480 e. The minimum atomic E-state index is -0.798. The molecule has 1 aromatic rings. The molecule has 0 atom stereocenters. The number of anilines is 1. The number of hydrogen-bond donors (Lipinski definition) is 2. The largest absolute Gasteiger partial charge is 0.480 e. The molecule has 1 fully saturated rings. The van der Waals surface area contributed by atoms with E-state index in [1.807, 2.05) is 37.9 Å². The van der Waals surface area contributed by atoms with E-state index in [9.17, 15) is 9.59 Å². The Hall–Kier alpha value is -1.63. The number of likely N-dealkylation sites (N-methyl/N-ethyl adjacent to an activating group) is 1. The molecule has 0 bridgehead atoms. The van der Waals surface area contributed by atoms with Crippen molar-refractivity contribution >= 4 is 30.0 Å². The van der Waals surface area contributed by atoms with Gasteiger partial charge in [-0.25, -0.2) is 0 Å². The summed E-state index contributed by atoms with van der Waals surface area (Å²) in [6.07, 6.45) is 1.78. The number of halogens is 1. The summed E-state index contributed by atoms with van der Waals surface area (Å²) in [6.45, 7) is 6.10. The third-order valence-electron chi connectivity index (χ3n) is 4.59. The molecule has 0 unspecified atom stereocenters. The molecule has 6 nitrogen and oxygen atoms in total. The van der Waals surface area contributed by atoms with E-state index >= 15 is 0 Å². The van der Waals surface area contributed by atoms with Crippen LogP contribution < -0.4 is 5.32 Å². The van der Waals surface area contributed by atoms with Crippen LogP contribution in [0.2, 0.25) is 0 Å². The Labute approximate surface area is 155 Å². The van der Waals surface area contributed by atoms with E-state index < -0.39 is 5.97 Å². The van der Waals surface area contributed by atoms with Crippen LogP contribution in [0.4, 0.5) is 5.69 Å². The number of nitrogens with zero attached hydrogens (tertiary/aromatic N) is 2. The highest BCUT2D eigenvalue weighted by Crippen LogP contribution is 2.17. The lowest BCUT2D eigenvalue weighted by Crippen LogP contribution is -2.46. The second kappa shape index (κ2) is 9.75. The fourth-order valence-electron chi connectivity index (χ4n) is 3.21. The fourth-order valence-corrected chi connectivity index (χ4v) is 3.21. The van der Waals surface area contributed by atoms with Crippen LogP contribution in [-0.2, 0) is 9.59 Å². The van der Waals surface area contributed by atoms with Gasteiger partial charge in [-0.05, 0) is 45.4 Å². The van der Waals surface area contributed by atoms with Crippen molar-refractivity contribution in [3.63, 3.8) is 0 Å². The number of aliphatic carboxylic acids is 1. The van der Waals surface area contributed by atoms with E-state index in [0.717, 1.165) is 37.2 Å². The van der Waals surface area contributed by atoms with Crippen molar-refractivity contribution < 1.29 is 14.7 Å². The Morgan fingerprint density at radius 3 is 2.48 bits per heavy atom. The summed E-state index contributed by atoms with van der Waals surface area (Å²) in [5.41, 5.74) is 3.11. The second-order valence-corrected chi connectivity index (χ2v) is 6.68. The predicted octanol–water partition coefficient (Wildman–Crippen LogP) is 2.14. The molecule has 1 aliphatic heterocycles. The number of rotatable bonds is 6. The molecule has 7 heteroatoms. The summed E-state index contributed by atoms with van der Waals surface area (Å²) in [4.78, 5) is 27.0. The van der Waals surface area contributed by atoms with Crippen molar-refractivity contribution in [1.82, 2.24) is 9.80 Å². The molecule has 1 aromatic carbocycles. The lowest BCUT2D eigenvalue weighted by molar-refractivity contribution is -0.138. The maximum Gasteiger partial charge on any atom is 0.317 e. The summed E-state index contributed by atoms with van der Waals surface area (Å²) in [7, 11) is 1.85. The zero-order valence-corrected chi connectivity index (χ0v) is 15.9. The molecule has 0 aromatic heterocycles.